The van der Waals surface area contributed by atoms with E-state index in [0.717, 1.165) is 25.2 Å². The number of ether oxygens (including phenoxy) is 2. The number of benzene rings is 1. The van der Waals surface area contributed by atoms with Gasteiger partial charge in [-0.15, -0.1) is 0 Å². The molecule has 0 aliphatic carbocycles. The molecular formula is C13H21NO2. The molecule has 0 aliphatic heterocycles. The lowest BCUT2D eigenvalue weighted by molar-refractivity contribution is 0.231. The predicted octanol–water partition coefficient (Wildman–Crippen LogP) is 3.09. The summed E-state index contributed by atoms with van der Waals surface area (Å²) in [6.45, 7) is 5.09. The first-order valence-corrected chi connectivity index (χ1v) is 5.77. The van der Waals surface area contributed by atoms with Crippen LogP contribution in [-0.4, -0.2) is 13.7 Å². The topological polar surface area (TPSA) is 44.5 Å². The first-order chi connectivity index (χ1) is 7.71. The SMILES string of the molecule is CCC(CC)COc1ccc(N)cc1OC. The number of nitrogens with two attached hydrogens (primary N) is 1. The zero-order valence-electron chi connectivity index (χ0n) is 10.3. The van der Waals surface area contributed by atoms with Crippen molar-refractivity contribution in [1.29, 1.82) is 0 Å². The summed E-state index contributed by atoms with van der Waals surface area (Å²) >= 11 is 0. The third-order valence-corrected chi connectivity index (χ3v) is 2.82. The molecular weight excluding hydrogens is 202 g/mol. The summed E-state index contributed by atoms with van der Waals surface area (Å²) in [4.78, 5) is 0. The number of methoxy groups -OCH3 is 1. The predicted molar refractivity (Wildman–Crippen MR) is 67.0 cm³/mol. The zero-order valence-corrected chi connectivity index (χ0v) is 10.3. The van der Waals surface area contributed by atoms with E-state index in [9.17, 15) is 0 Å². The molecule has 0 saturated heterocycles. The van der Waals surface area contributed by atoms with Crippen LogP contribution in [0.2, 0.25) is 0 Å². The second kappa shape index (κ2) is 6.26. The largest absolute Gasteiger partial charge is 0.493 e. The van der Waals surface area contributed by atoms with Gasteiger partial charge >= 0.3 is 0 Å². The molecule has 90 valence electrons. The van der Waals surface area contributed by atoms with Crippen LogP contribution in [0.3, 0.4) is 0 Å². The van der Waals surface area contributed by atoms with Crippen molar-refractivity contribution >= 4 is 5.69 Å². The van der Waals surface area contributed by atoms with E-state index in [0.29, 0.717) is 17.4 Å². The van der Waals surface area contributed by atoms with E-state index in [1.807, 2.05) is 12.1 Å². The monoisotopic (exact) mass is 223 g/mol. The number of anilines is 1. The van der Waals surface area contributed by atoms with Crippen molar-refractivity contribution in [2.24, 2.45) is 5.92 Å². The van der Waals surface area contributed by atoms with Crippen molar-refractivity contribution in [2.45, 2.75) is 26.7 Å². The molecule has 0 fully saturated rings. The van der Waals surface area contributed by atoms with Crippen LogP contribution in [-0.2, 0) is 0 Å². The maximum absolute atomic E-state index is 5.75. The Hall–Kier alpha value is -1.38. The Bertz CT molecular complexity index is 322. The van der Waals surface area contributed by atoms with Gasteiger partial charge in [0, 0.05) is 11.8 Å². The molecule has 1 rings (SSSR count). The van der Waals surface area contributed by atoms with Gasteiger partial charge in [-0.1, -0.05) is 26.7 Å². The van der Waals surface area contributed by atoms with E-state index in [1.54, 1.807) is 13.2 Å². The molecule has 0 unspecified atom stereocenters. The molecule has 0 spiro atoms. The Morgan fingerprint density at radius 1 is 1.19 bits per heavy atom. The van der Waals surface area contributed by atoms with Gasteiger partial charge in [-0.3, -0.25) is 0 Å². The van der Waals surface area contributed by atoms with Gasteiger partial charge in [0.2, 0.25) is 0 Å². The number of rotatable bonds is 6. The van der Waals surface area contributed by atoms with E-state index in [4.69, 9.17) is 15.2 Å². The van der Waals surface area contributed by atoms with E-state index in [-0.39, 0.29) is 0 Å². The van der Waals surface area contributed by atoms with E-state index < -0.39 is 0 Å². The average molecular weight is 223 g/mol. The summed E-state index contributed by atoms with van der Waals surface area (Å²) in [7, 11) is 1.62. The Balaban J connectivity index is 2.65. The molecule has 16 heavy (non-hydrogen) atoms. The van der Waals surface area contributed by atoms with Crippen molar-refractivity contribution < 1.29 is 9.47 Å². The highest BCUT2D eigenvalue weighted by atomic mass is 16.5. The van der Waals surface area contributed by atoms with Gasteiger partial charge in [0.1, 0.15) is 0 Å². The van der Waals surface area contributed by atoms with E-state index in [1.165, 1.54) is 0 Å². The summed E-state index contributed by atoms with van der Waals surface area (Å²) in [5.41, 5.74) is 6.36. The van der Waals surface area contributed by atoms with Crippen LogP contribution in [0.25, 0.3) is 0 Å². The first-order valence-electron chi connectivity index (χ1n) is 5.77. The lowest BCUT2D eigenvalue weighted by atomic mass is 10.1. The highest BCUT2D eigenvalue weighted by molar-refractivity contribution is 5.51. The van der Waals surface area contributed by atoms with Crippen molar-refractivity contribution in [3.8, 4) is 11.5 Å². The molecule has 0 heterocycles. The van der Waals surface area contributed by atoms with Gasteiger partial charge in [0.15, 0.2) is 11.5 Å². The minimum Gasteiger partial charge on any atom is -0.493 e. The van der Waals surface area contributed by atoms with Crippen LogP contribution in [0, 0.1) is 5.92 Å². The van der Waals surface area contributed by atoms with Crippen LogP contribution in [0.4, 0.5) is 5.69 Å². The Morgan fingerprint density at radius 2 is 1.88 bits per heavy atom. The molecule has 1 aromatic carbocycles. The number of hydrogen-bond acceptors (Lipinski definition) is 3. The van der Waals surface area contributed by atoms with Crippen molar-refractivity contribution in [2.75, 3.05) is 19.5 Å². The summed E-state index contributed by atoms with van der Waals surface area (Å²) < 4.78 is 11.0. The summed E-state index contributed by atoms with van der Waals surface area (Å²) in [6, 6.07) is 5.46. The molecule has 0 aromatic heterocycles. The molecule has 2 N–H and O–H groups in total. The standard InChI is InChI=1S/C13H21NO2/c1-4-10(5-2)9-16-12-7-6-11(14)8-13(12)15-3/h6-8,10H,4-5,9,14H2,1-3H3. The maximum atomic E-state index is 5.75. The summed E-state index contributed by atoms with van der Waals surface area (Å²) in [5.74, 6) is 2.07. The van der Waals surface area contributed by atoms with Gasteiger partial charge in [-0.25, -0.2) is 0 Å². The summed E-state index contributed by atoms with van der Waals surface area (Å²) in [5, 5.41) is 0. The zero-order chi connectivity index (χ0) is 12.0. The minimum atomic E-state index is 0.599. The van der Waals surface area contributed by atoms with E-state index in [2.05, 4.69) is 13.8 Å². The highest BCUT2D eigenvalue weighted by Crippen LogP contribution is 2.29. The number of hydrogen-bond donors (Lipinski definition) is 1. The van der Waals surface area contributed by atoms with Crippen LogP contribution in [0.15, 0.2) is 18.2 Å². The average Bonchev–Trinajstić information content (AvgIpc) is 2.31. The van der Waals surface area contributed by atoms with E-state index >= 15 is 0 Å². The van der Waals surface area contributed by atoms with Gasteiger partial charge in [0.25, 0.3) is 0 Å². The smallest absolute Gasteiger partial charge is 0.162 e. The summed E-state index contributed by atoms with van der Waals surface area (Å²) in [6.07, 6.45) is 2.27. The van der Waals surface area contributed by atoms with Crippen LogP contribution >= 0.6 is 0 Å². The van der Waals surface area contributed by atoms with Crippen LogP contribution < -0.4 is 15.2 Å². The molecule has 1 aromatic rings. The van der Waals surface area contributed by atoms with Crippen LogP contribution in [0.1, 0.15) is 26.7 Å². The van der Waals surface area contributed by atoms with Crippen molar-refractivity contribution in [3.05, 3.63) is 18.2 Å². The maximum Gasteiger partial charge on any atom is 0.162 e. The Labute approximate surface area is 97.6 Å². The second-order valence-electron chi connectivity index (χ2n) is 3.90. The first kappa shape index (κ1) is 12.7. The van der Waals surface area contributed by atoms with Gasteiger partial charge in [-0.2, -0.15) is 0 Å². The molecule has 0 bridgehead atoms. The Kier molecular flexibility index (Phi) is 4.96. The third-order valence-electron chi connectivity index (χ3n) is 2.82. The fourth-order valence-electron chi connectivity index (χ4n) is 1.54. The third kappa shape index (κ3) is 3.33. The molecule has 0 aliphatic rings. The van der Waals surface area contributed by atoms with Crippen molar-refractivity contribution in [3.63, 3.8) is 0 Å². The van der Waals surface area contributed by atoms with Gasteiger partial charge < -0.3 is 15.2 Å². The quantitative estimate of drug-likeness (QED) is 0.754. The van der Waals surface area contributed by atoms with Gasteiger partial charge in [-0.05, 0) is 18.1 Å². The van der Waals surface area contributed by atoms with Crippen LogP contribution in [0.5, 0.6) is 11.5 Å². The second-order valence-corrected chi connectivity index (χ2v) is 3.90. The molecule has 3 nitrogen and oxygen atoms in total. The molecule has 3 heteroatoms. The molecule has 0 saturated carbocycles. The molecule has 0 atom stereocenters. The lowest BCUT2D eigenvalue weighted by Crippen LogP contribution is -2.10. The lowest BCUT2D eigenvalue weighted by Gasteiger charge is -2.15. The normalized spacial score (nSPS) is 10.5. The Morgan fingerprint density at radius 3 is 2.44 bits per heavy atom. The van der Waals surface area contributed by atoms with Gasteiger partial charge in [0.05, 0.1) is 13.7 Å². The highest BCUT2D eigenvalue weighted by Gasteiger charge is 2.08. The fourth-order valence-corrected chi connectivity index (χ4v) is 1.54. The number of nitrogen functional groups attached to an aromatic ring is 1. The molecule has 0 amide bonds. The fraction of sp³-hybridized carbons (Fsp3) is 0.538. The van der Waals surface area contributed by atoms with Crippen molar-refractivity contribution in [1.82, 2.24) is 0 Å². The minimum absolute atomic E-state index is 0.599. The molecule has 0 radical (unpaired) electrons.